The lowest BCUT2D eigenvalue weighted by atomic mass is 10.1. The summed E-state index contributed by atoms with van der Waals surface area (Å²) in [4.78, 5) is 13.1. The van der Waals surface area contributed by atoms with Gasteiger partial charge in [-0.15, -0.1) is 0 Å². The highest BCUT2D eigenvalue weighted by atomic mass is 16.5. The van der Waals surface area contributed by atoms with Gasteiger partial charge in [0.15, 0.2) is 0 Å². The number of hydrogen-bond donors (Lipinski definition) is 1. The minimum atomic E-state index is -0.730. The Labute approximate surface area is 120 Å². The topological polar surface area (TPSA) is 49.8 Å². The fourth-order valence-corrected chi connectivity index (χ4v) is 2.90. The number of rotatable bonds is 7. The van der Waals surface area contributed by atoms with Crippen LogP contribution in [0.1, 0.15) is 31.2 Å². The summed E-state index contributed by atoms with van der Waals surface area (Å²) in [5, 5.41) is 9.05. The third-order valence-electron chi connectivity index (χ3n) is 4.03. The van der Waals surface area contributed by atoms with Crippen LogP contribution in [0.3, 0.4) is 0 Å². The molecule has 0 unspecified atom stereocenters. The summed E-state index contributed by atoms with van der Waals surface area (Å²) >= 11 is 0. The van der Waals surface area contributed by atoms with Crippen molar-refractivity contribution in [1.29, 1.82) is 0 Å². The van der Waals surface area contributed by atoms with Crippen LogP contribution in [-0.2, 0) is 11.2 Å². The molecule has 4 heteroatoms. The number of hydrogen-bond acceptors (Lipinski definition) is 3. The molecule has 0 heterocycles. The van der Waals surface area contributed by atoms with E-state index in [1.165, 1.54) is 18.4 Å². The highest BCUT2D eigenvalue weighted by Gasteiger charge is 2.23. The first-order chi connectivity index (χ1) is 9.69. The summed E-state index contributed by atoms with van der Waals surface area (Å²) in [7, 11) is 1.66. The number of carboxylic acid groups (broad SMARTS) is 1. The molecule has 1 aromatic rings. The van der Waals surface area contributed by atoms with Crippen LogP contribution in [0, 0.1) is 0 Å². The van der Waals surface area contributed by atoms with E-state index in [-0.39, 0.29) is 6.54 Å². The van der Waals surface area contributed by atoms with Gasteiger partial charge >= 0.3 is 5.97 Å². The van der Waals surface area contributed by atoms with Crippen molar-refractivity contribution in [1.82, 2.24) is 4.90 Å². The number of carboxylic acids is 1. The molecule has 0 aromatic heterocycles. The zero-order valence-electron chi connectivity index (χ0n) is 12.0. The molecule has 1 N–H and O–H groups in total. The van der Waals surface area contributed by atoms with E-state index in [2.05, 4.69) is 4.90 Å². The lowest BCUT2D eigenvalue weighted by Gasteiger charge is -2.27. The normalized spacial score (nSPS) is 15.7. The van der Waals surface area contributed by atoms with Crippen molar-refractivity contribution in [2.24, 2.45) is 0 Å². The molecular formula is C16H23NO3. The van der Waals surface area contributed by atoms with Gasteiger partial charge in [-0.05, 0) is 37.0 Å². The van der Waals surface area contributed by atoms with E-state index in [0.29, 0.717) is 6.04 Å². The van der Waals surface area contributed by atoms with Gasteiger partial charge < -0.3 is 9.84 Å². The summed E-state index contributed by atoms with van der Waals surface area (Å²) in [6.45, 7) is 0.962. The van der Waals surface area contributed by atoms with E-state index in [9.17, 15) is 4.79 Å². The Hall–Kier alpha value is -1.55. The number of benzene rings is 1. The summed E-state index contributed by atoms with van der Waals surface area (Å²) < 4.78 is 5.14. The van der Waals surface area contributed by atoms with Crippen LogP contribution in [0.5, 0.6) is 5.75 Å². The minimum absolute atomic E-state index is 0.154. The van der Waals surface area contributed by atoms with Crippen LogP contribution in [0.15, 0.2) is 24.3 Å². The molecule has 110 valence electrons. The molecule has 0 saturated heterocycles. The second kappa shape index (κ2) is 7.29. The van der Waals surface area contributed by atoms with Crippen LogP contribution in [0.25, 0.3) is 0 Å². The van der Waals surface area contributed by atoms with Crippen LogP contribution in [0.2, 0.25) is 0 Å². The van der Waals surface area contributed by atoms with E-state index in [1.54, 1.807) is 7.11 Å². The molecule has 2 rings (SSSR count). The number of nitrogens with zero attached hydrogens (tertiary/aromatic N) is 1. The van der Waals surface area contributed by atoms with Gasteiger partial charge in [-0.25, -0.2) is 0 Å². The molecule has 1 aliphatic carbocycles. The monoisotopic (exact) mass is 277 g/mol. The van der Waals surface area contributed by atoms with Crippen molar-refractivity contribution in [2.75, 3.05) is 20.2 Å². The van der Waals surface area contributed by atoms with Crippen molar-refractivity contribution < 1.29 is 14.6 Å². The van der Waals surface area contributed by atoms with Crippen molar-refractivity contribution in [3.05, 3.63) is 29.8 Å². The fraction of sp³-hybridized carbons (Fsp3) is 0.562. The average Bonchev–Trinajstić information content (AvgIpc) is 2.97. The zero-order valence-corrected chi connectivity index (χ0v) is 12.0. The van der Waals surface area contributed by atoms with Gasteiger partial charge in [0.1, 0.15) is 5.75 Å². The Balaban J connectivity index is 1.91. The summed E-state index contributed by atoms with van der Waals surface area (Å²) in [5.41, 5.74) is 1.22. The molecule has 1 saturated carbocycles. The fourth-order valence-electron chi connectivity index (χ4n) is 2.90. The SMILES string of the molecule is COc1ccc(CCN(CC(=O)O)C2CCCC2)cc1. The Bertz CT molecular complexity index is 424. The van der Waals surface area contributed by atoms with E-state index < -0.39 is 5.97 Å². The zero-order chi connectivity index (χ0) is 14.4. The van der Waals surface area contributed by atoms with Gasteiger partial charge in [-0.1, -0.05) is 25.0 Å². The number of ether oxygens (including phenoxy) is 1. The second-order valence-electron chi connectivity index (χ2n) is 5.40. The Kier molecular flexibility index (Phi) is 5.41. The van der Waals surface area contributed by atoms with Crippen LogP contribution in [-0.4, -0.2) is 42.2 Å². The highest BCUT2D eigenvalue weighted by molar-refractivity contribution is 5.69. The number of aliphatic carboxylic acids is 1. The first kappa shape index (κ1) is 14.9. The molecular weight excluding hydrogens is 254 g/mol. The first-order valence-electron chi connectivity index (χ1n) is 7.28. The lowest BCUT2D eigenvalue weighted by molar-refractivity contribution is -0.138. The first-order valence-corrected chi connectivity index (χ1v) is 7.28. The van der Waals surface area contributed by atoms with Gasteiger partial charge in [0, 0.05) is 12.6 Å². The summed E-state index contributed by atoms with van der Waals surface area (Å²) in [6, 6.07) is 8.45. The quantitative estimate of drug-likeness (QED) is 0.832. The van der Waals surface area contributed by atoms with Crippen LogP contribution >= 0.6 is 0 Å². The molecule has 1 aliphatic rings. The Morgan fingerprint density at radius 3 is 2.50 bits per heavy atom. The molecule has 0 atom stereocenters. The molecule has 0 amide bonds. The van der Waals surface area contributed by atoms with Gasteiger partial charge in [-0.2, -0.15) is 0 Å². The smallest absolute Gasteiger partial charge is 0.317 e. The van der Waals surface area contributed by atoms with Crippen molar-refractivity contribution >= 4 is 5.97 Å². The van der Waals surface area contributed by atoms with Gasteiger partial charge in [0.05, 0.1) is 13.7 Å². The predicted molar refractivity (Wildman–Crippen MR) is 78.2 cm³/mol. The van der Waals surface area contributed by atoms with Crippen molar-refractivity contribution in [3.63, 3.8) is 0 Å². The van der Waals surface area contributed by atoms with Crippen molar-refractivity contribution in [2.45, 2.75) is 38.1 Å². The van der Waals surface area contributed by atoms with Crippen LogP contribution < -0.4 is 4.74 Å². The molecule has 4 nitrogen and oxygen atoms in total. The second-order valence-corrected chi connectivity index (χ2v) is 5.40. The van der Waals surface area contributed by atoms with E-state index in [4.69, 9.17) is 9.84 Å². The van der Waals surface area contributed by atoms with Crippen molar-refractivity contribution in [3.8, 4) is 5.75 Å². The molecule has 0 radical (unpaired) electrons. The van der Waals surface area contributed by atoms with E-state index in [1.807, 2.05) is 24.3 Å². The lowest BCUT2D eigenvalue weighted by Crippen LogP contribution is -2.38. The average molecular weight is 277 g/mol. The van der Waals surface area contributed by atoms with Crippen LogP contribution in [0.4, 0.5) is 0 Å². The highest BCUT2D eigenvalue weighted by Crippen LogP contribution is 2.23. The number of carbonyl (C=O) groups is 1. The molecule has 20 heavy (non-hydrogen) atoms. The molecule has 0 bridgehead atoms. The standard InChI is InChI=1S/C16H23NO3/c1-20-15-8-6-13(7-9-15)10-11-17(12-16(18)19)14-4-2-3-5-14/h6-9,14H,2-5,10-12H2,1H3,(H,18,19). The van der Waals surface area contributed by atoms with Gasteiger partial charge in [-0.3, -0.25) is 9.69 Å². The largest absolute Gasteiger partial charge is 0.497 e. The Morgan fingerprint density at radius 1 is 1.30 bits per heavy atom. The third kappa shape index (κ3) is 4.23. The molecule has 0 spiro atoms. The molecule has 0 aliphatic heterocycles. The van der Waals surface area contributed by atoms with Gasteiger partial charge in [0.2, 0.25) is 0 Å². The van der Waals surface area contributed by atoms with E-state index >= 15 is 0 Å². The minimum Gasteiger partial charge on any atom is -0.497 e. The molecule has 1 aromatic carbocycles. The number of methoxy groups -OCH3 is 1. The predicted octanol–water partition coefficient (Wildman–Crippen LogP) is 2.57. The van der Waals surface area contributed by atoms with Gasteiger partial charge in [0.25, 0.3) is 0 Å². The van der Waals surface area contributed by atoms with E-state index in [0.717, 1.165) is 31.6 Å². The maximum Gasteiger partial charge on any atom is 0.317 e. The summed E-state index contributed by atoms with van der Waals surface area (Å²) in [5.74, 6) is 0.124. The summed E-state index contributed by atoms with van der Waals surface area (Å²) in [6.07, 6.45) is 5.60. The maximum atomic E-state index is 11.0. The molecule has 1 fully saturated rings. The Morgan fingerprint density at radius 2 is 1.95 bits per heavy atom. The maximum absolute atomic E-state index is 11.0. The third-order valence-corrected chi connectivity index (χ3v) is 4.03.